The van der Waals surface area contributed by atoms with Crippen molar-refractivity contribution in [1.82, 2.24) is 9.55 Å². The van der Waals surface area contributed by atoms with Crippen molar-refractivity contribution >= 4 is 5.97 Å². The second-order valence-corrected chi connectivity index (χ2v) is 5.14. The summed E-state index contributed by atoms with van der Waals surface area (Å²) < 4.78 is 1.99. The van der Waals surface area contributed by atoms with Crippen LogP contribution in [0.3, 0.4) is 0 Å². The molecule has 1 N–H and O–H groups in total. The molecule has 0 amide bonds. The maximum absolute atomic E-state index is 11.1. The topological polar surface area (TPSA) is 55.1 Å². The van der Waals surface area contributed by atoms with Gasteiger partial charge in [0.2, 0.25) is 0 Å². The molecule has 2 aromatic rings. The minimum Gasteiger partial charge on any atom is -0.481 e. The van der Waals surface area contributed by atoms with E-state index in [2.05, 4.69) is 24.0 Å². The Balaban J connectivity index is 1.93. The van der Waals surface area contributed by atoms with Gasteiger partial charge in [-0.05, 0) is 19.4 Å². The molecule has 1 aliphatic rings. The quantitative estimate of drug-likeness (QED) is 0.898. The summed E-state index contributed by atoms with van der Waals surface area (Å²) in [7, 11) is 0. The lowest BCUT2D eigenvalue weighted by Gasteiger charge is -2.19. The summed E-state index contributed by atoms with van der Waals surface area (Å²) in [6, 6.07) is 8.21. The van der Waals surface area contributed by atoms with Crippen LogP contribution >= 0.6 is 0 Å². The number of carboxylic acids is 1. The van der Waals surface area contributed by atoms with Crippen molar-refractivity contribution in [2.75, 3.05) is 0 Å². The zero-order chi connectivity index (χ0) is 13.4. The van der Waals surface area contributed by atoms with E-state index < -0.39 is 5.97 Å². The second kappa shape index (κ2) is 4.53. The largest absolute Gasteiger partial charge is 0.481 e. The zero-order valence-electron chi connectivity index (χ0n) is 10.8. The summed E-state index contributed by atoms with van der Waals surface area (Å²) in [6.45, 7) is 2.59. The highest BCUT2D eigenvalue weighted by Crippen LogP contribution is 2.25. The minimum atomic E-state index is -0.712. The molecule has 1 aromatic carbocycles. The Hall–Kier alpha value is -2.10. The van der Waals surface area contributed by atoms with E-state index in [-0.39, 0.29) is 5.92 Å². The molecule has 3 rings (SSSR count). The standard InChI is InChI=1S/C15H16N2O2/c1-10-3-2-4-11(7-10)13-9-17-8-12(15(18)19)5-6-14(17)16-13/h2-4,7,9,12H,5-6,8H2,1H3,(H,18,19). The van der Waals surface area contributed by atoms with Crippen LogP contribution in [0.4, 0.5) is 0 Å². The number of carboxylic acid groups (broad SMARTS) is 1. The van der Waals surface area contributed by atoms with Crippen LogP contribution in [0.2, 0.25) is 0 Å². The highest BCUT2D eigenvalue weighted by Gasteiger charge is 2.25. The molecule has 0 bridgehead atoms. The Morgan fingerprint density at radius 3 is 3.05 bits per heavy atom. The van der Waals surface area contributed by atoms with Crippen molar-refractivity contribution < 1.29 is 9.90 Å². The maximum Gasteiger partial charge on any atom is 0.308 e. The summed E-state index contributed by atoms with van der Waals surface area (Å²) in [6.07, 6.45) is 3.39. The van der Waals surface area contributed by atoms with Gasteiger partial charge in [-0.25, -0.2) is 4.98 Å². The average Bonchev–Trinajstić information content (AvgIpc) is 2.81. The number of aryl methyl sites for hydroxylation is 2. The fourth-order valence-electron chi connectivity index (χ4n) is 2.59. The molecule has 1 aromatic heterocycles. The summed E-state index contributed by atoms with van der Waals surface area (Å²) in [4.78, 5) is 15.7. The molecule has 0 fully saturated rings. The molecule has 4 nitrogen and oxygen atoms in total. The van der Waals surface area contributed by atoms with Gasteiger partial charge in [-0.2, -0.15) is 0 Å². The van der Waals surface area contributed by atoms with Crippen molar-refractivity contribution in [3.63, 3.8) is 0 Å². The molecule has 1 aliphatic heterocycles. The molecule has 1 unspecified atom stereocenters. The van der Waals surface area contributed by atoms with Gasteiger partial charge in [-0.3, -0.25) is 4.79 Å². The first-order chi connectivity index (χ1) is 9.13. The number of fused-ring (bicyclic) bond motifs is 1. The number of aromatic nitrogens is 2. The number of nitrogens with zero attached hydrogens (tertiary/aromatic N) is 2. The minimum absolute atomic E-state index is 0.285. The Kier molecular flexibility index (Phi) is 2.85. The molecule has 0 aliphatic carbocycles. The molecule has 0 saturated carbocycles. The Morgan fingerprint density at radius 1 is 1.47 bits per heavy atom. The third kappa shape index (κ3) is 2.26. The van der Waals surface area contributed by atoms with Crippen LogP contribution in [0.25, 0.3) is 11.3 Å². The lowest BCUT2D eigenvalue weighted by molar-refractivity contribution is -0.142. The Bertz CT molecular complexity index is 631. The number of carbonyl (C=O) groups is 1. The monoisotopic (exact) mass is 256 g/mol. The highest BCUT2D eigenvalue weighted by atomic mass is 16.4. The predicted octanol–water partition coefficient (Wildman–Crippen LogP) is 2.51. The summed E-state index contributed by atoms with van der Waals surface area (Å²) in [5, 5.41) is 9.09. The molecular formula is C15H16N2O2. The maximum atomic E-state index is 11.1. The van der Waals surface area contributed by atoms with Crippen molar-refractivity contribution in [2.24, 2.45) is 5.92 Å². The third-order valence-corrected chi connectivity index (χ3v) is 3.66. The van der Waals surface area contributed by atoms with Crippen LogP contribution in [-0.2, 0) is 17.8 Å². The van der Waals surface area contributed by atoms with Crippen LogP contribution in [-0.4, -0.2) is 20.6 Å². The number of hydrogen-bond donors (Lipinski definition) is 1. The van der Waals surface area contributed by atoms with Gasteiger partial charge < -0.3 is 9.67 Å². The van der Waals surface area contributed by atoms with Gasteiger partial charge in [0.05, 0.1) is 11.6 Å². The lowest BCUT2D eigenvalue weighted by atomic mass is 10.00. The summed E-state index contributed by atoms with van der Waals surface area (Å²) in [5.41, 5.74) is 3.23. The van der Waals surface area contributed by atoms with Crippen LogP contribution in [0.15, 0.2) is 30.5 Å². The van der Waals surface area contributed by atoms with Gasteiger partial charge in [0.15, 0.2) is 0 Å². The number of aliphatic carboxylic acids is 1. The molecule has 19 heavy (non-hydrogen) atoms. The second-order valence-electron chi connectivity index (χ2n) is 5.14. The third-order valence-electron chi connectivity index (χ3n) is 3.66. The SMILES string of the molecule is Cc1cccc(-c2cn3c(n2)CCC(C(=O)O)C3)c1. The molecule has 0 radical (unpaired) electrons. The van der Waals surface area contributed by atoms with Crippen LogP contribution in [0.5, 0.6) is 0 Å². The van der Waals surface area contributed by atoms with Gasteiger partial charge in [-0.15, -0.1) is 0 Å². The first-order valence-corrected chi connectivity index (χ1v) is 6.49. The van der Waals surface area contributed by atoms with Gasteiger partial charge >= 0.3 is 5.97 Å². The number of hydrogen-bond acceptors (Lipinski definition) is 2. The molecule has 4 heteroatoms. The number of imidazole rings is 1. The Morgan fingerprint density at radius 2 is 2.32 bits per heavy atom. The number of rotatable bonds is 2. The van der Waals surface area contributed by atoms with Gasteiger partial charge in [0, 0.05) is 24.7 Å². The molecule has 98 valence electrons. The average molecular weight is 256 g/mol. The van der Waals surface area contributed by atoms with E-state index in [1.54, 1.807) is 0 Å². The predicted molar refractivity (Wildman–Crippen MR) is 71.8 cm³/mol. The fraction of sp³-hybridized carbons (Fsp3) is 0.333. The van der Waals surface area contributed by atoms with Crippen LogP contribution < -0.4 is 0 Å². The lowest BCUT2D eigenvalue weighted by Crippen LogP contribution is -2.26. The van der Waals surface area contributed by atoms with Crippen molar-refractivity contribution in [3.05, 3.63) is 41.9 Å². The fourth-order valence-corrected chi connectivity index (χ4v) is 2.59. The highest BCUT2D eigenvalue weighted by molar-refractivity contribution is 5.70. The van der Waals surface area contributed by atoms with Crippen molar-refractivity contribution in [3.8, 4) is 11.3 Å². The molecule has 0 saturated heterocycles. The van der Waals surface area contributed by atoms with Gasteiger partial charge in [-0.1, -0.05) is 23.8 Å². The molecule has 2 heterocycles. The summed E-state index contributed by atoms with van der Waals surface area (Å²) >= 11 is 0. The normalized spacial score (nSPS) is 18.1. The van der Waals surface area contributed by atoms with Gasteiger partial charge in [0.25, 0.3) is 0 Å². The first-order valence-electron chi connectivity index (χ1n) is 6.49. The van der Waals surface area contributed by atoms with Crippen LogP contribution in [0, 0.1) is 12.8 Å². The van der Waals surface area contributed by atoms with E-state index in [1.165, 1.54) is 5.56 Å². The molecule has 1 atom stereocenters. The van der Waals surface area contributed by atoms with E-state index >= 15 is 0 Å². The van der Waals surface area contributed by atoms with Gasteiger partial charge in [0.1, 0.15) is 5.82 Å². The summed E-state index contributed by atoms with van der Waals surface area (Å²) in [5.74, 6) is -0.00230. The smallest absolute Gasteiger partial charge is 0.308 e. The van der Waals surface area contributed by atoms with Crippen LogP contribution in [0.1, 0.15) is 17.8 Å². The zero-order valence-corrected chi connectivity index (χ0v) is 10.8. The van der Waals surface area contributed by atoms with E-state index in [1.807, 2.05) is 22.9 Å². The van der Waals surface area contributed by atoms with E-state index in [4.69, 9.17) is 5.11 Å². The first kappa shape index (κ1) is 12.0. The van der Waals surface area contributed by atoms with E-state index in [9.17, 15) is 4.79 Å². The van der Waals surface area contributed by atoms with E-state index in [0.29, 0.717) is 13.0 Å². The van der Waals surface area contributed by atoms with Crippen molar-refractivity contribution in [2.45, 2.75) is 26.3 Å². The Labute approximate surface area is 111 Å². The van der Waals surface area contributed by atoms with Crippen molar-refractivity contribution in [1.29, 1.82) is 0 Å². The van der Waals surface area contributed by atoms with E-state index in [0.717, 1.165) is 23.5 Å². The molecule has 0 spiro atoms. The molecular weight excluding hydrogens is 240 g/mol. The number of benzene rings is 1.